The van der Waals surface area contributed by atoms with Crippen LogP contribution in [-0.2, 0) is 0 Å². The van der Waals surface area contributed by atoms with Gasteiger partial charge < -0.3 is 5.73 Å². The van der Waals surface area contributed by atoms with Crippen LogP contribution in [0.15, 0.2) is 54.6 Å². The van der Waals surface area contributed by atoms with Gasteiger partial charge in [-0.2, -0.15) is 0 Å². The average Bonchev–Trinajstić information content (AvgIpc) is 2.47. The molecular formula is C18H15ClFN. The Labute approximate surface area is 128 Å². The van der Waals surface area contributed by atoms with Crippen molar-refractivity contribution in [3.05, 3.63) is 82.1 Å². The molecule has 0 amide bonds. The minimum Gasteiger partial charge on any atom is -0.320 e. The molecule has 1 unspecified atom stereocenters. The van der Waals surface area contributed by atoms with Gasteiger partial charge in [0, 0.05) is 16.0 Å². The largest absolute Gasteiger partial charge is 0.320 e. The molecule has 0 aromatic heterocycles. The zero-order valence-electron chi connectivity index (χ0n) is 11.6. The summed E-state index contributed by atoms with van der Waals surface area (Å²) in [6.45, 7) is 1.86. The summed E-state index contributed by atoms with van der Waals surface area (Å²) in [6.07, 6.45) is 0. The number of fused-ring (bicyclic) bond motifs is 1. The number of hydrogen-bond donors (Lipinski definition) is 1. The van der Waals surface area contributed by atoms with Gasteiger partial charge in [0.05, 0.1) is 6.04 Å². The summed E-state index contributed by atoms with van der Waals surface area (Å²) < 4.78 is 14.2. The Hall–Kier alpha value is -1.90. The first-order valence-electron chi connectivity index (χ1n) is 6.76. The molecule has 1 atom stereocenters. The van der Waals surface area contributed by atoms with Crippen molar-refractivity contribution in [3.8, 4) is 0 Å². The summed E-state index contributed by atoms with van der Waals surface area (Å²) in [4.78, 5) is 0. The van der Waals surface area contributed by atoms with Crippen molar-refractivity contribution in [2.75, 3.05) is 0 Å². The zero-order valence-corrected chi connectivity index (χ0v) is 12.4. The van der Waals surface area contributed by atoms with Crippen LogP contribution in [0.3, 0.4) is 0 Å². The van der Waals surface area contributed by atoms with Gasteiger partial charge in [0.15, 0.2) is 0 Å². The van der Waals surface area contributed by atoms with E-state index in [-0.39, 0.29) is 5.82 Å². The predicted octanol–water partition coefficient (Wildman–Crippen LogP) is 4.99. The molecular weight excluding hydrogens is 285 g/mol. The molecule has 3 rings (SSSR count). The van der Waals surface area contributed by atoms with Crippen LogP contribution < -0.4 is 5.73 Å². The SMILES string of the molecule is Cc1ccc(C(N)c2ccc(Cl)c3ccccc23)c(F)c1. The van der Waals surface area contributed by atoms with Crippen molar-refractivity contribution in [3.63, 3.8) is 0 Å². The normalized spacial score (nSPS) is 12.6. The van der Waals surface area contributed by atoms with E-state index >= 15 is 0 Å². The van der Waals surface area contributed by atoms with Crippen LogP contribution in [0.25, 0.3) is 10.8 Å². The zero-order chi connectivity index (χ0) is 15.0. The lowest BCUT2D eigenvalue weighted by Crippen LogP contribution is -2.14. The highest BCUT2D eigenvalue weighted by Crippen LogP contribution is 2.32. The molecule has 3 aromatic rings. The van der Waals surface area contributed by atoms with Gasteiger partial charge in [-0.3, -0.25) is 0 Å². The van der Waals surface area contributed by atoms with Crippen molar-refractivity contribution in [2.24, 2.45) is 5.73 Å². The minimum absolute atomic E-state index is 0.276. The third kappa shape index (κ3) is 2.53. The Morgan fingerprint density at radius 3 is 2.33 bits per heavy atom. The number of rotatable bonds is 2. The molecule has 0 bridgehead atoms. The second-order valence-corrected chi connectivity index (χ2v) is 5.59. The van der Waals surface area contributed by atoms with Gasteiger partial charge >= 0.3 is 0 Å². The van der Waals surface area contributed by atoms with Gasteiger partial charge in [-0.1, -0.05) is 54.1 Å². The lowest BCUT2D eigenvalue weighted by molar-refractivity contribution is 0.599. The monoisotopic (exact) mass is 299 g/mol. The summed E-state index contributed by atoms with van der Waals surface area (Å²) in [7, 11) is 0. The van der Waals surface area contributed by atoms with Crippen LogP contribution in [0.5, 0.6) is 0 Å². The van der Waals surface area contributed by atoms with E-state index in [4.69, 9.17) is 17.3 Å². The number of benzene rings is 3. The Balaban J connectivity index is 2.18. The second kappa shape index (κ2) is 5.47. The Bertz CT molecular complexity index is 813. The average molecular weight is 300 g/mol. The molecule has 0 aliphatic carbocycles. The lowest BCUT2D eigenvalue weighted by atomic mass is 9.93. The first-order chi connectivity index (χ1) is 10.1. The number of nitrogens with two attached hydrogens (primary N) is 1. The third-order valence-corrected chi connectivity index (χ3v) is 4.06. The fourth-order valence-corrected chi connectivity index (χ4v) is 2.84. The van der Waals surface area contributed by atoms with Gasteiger partial charge in [-0.25, -0.2) is 4.39 Å². The van der Waals surface area contributed by atoms with Crippen molar-refractivity contribution in [2.45, 2.75) is 13.0 Å². The molecule has 0 fully saturated rings. The van der Waals surface area contributed by atoms with Gasteiger partial charge in [0.25, 0.3) is 0 Å². The summed E-state index contributed by atoms with van der Waals surface area (Å²) >= 11 is 6.22. The van der Waals surface area contributed by atoms with E-state index < -0.39 is 6.04 Å². The maximum absolute atomic E-state index is 14.2. The maximum atomic E-state index is 14.2. The number of halogens is 2. The van der Waals surface area contributed by atoms with E-state index in [2.05, 4.69) is 0 Å². The lowest BCUT2D eigenvalue weighted by Gasteiger charge is -2.17. The molecule has 0 spiro atoms. The van der Waals surface area contributed by atoms with Crippen molar-refractivity contribution in [1.82, 2.24) is 0 Å². The summed E-state index contributed by atoms with van der Waals surface area (Å²) in [5, 5.41) is 2.56. The summed E-state index contributed by atoms with van der Waals surface area (Å²) in [6, 6.07) is 16.0. The van der Waals surface area contributed by atoms with Crippen molar-refractivity contribution in [1.29, 1.82) is 0 Å². The fourth-order valence-electron chi connectivity index (χ4n) is 2.61. The van der Waals surface area contributed by atoms with Crippen LogP contribution in [0.1, 0.15) is 22.7 Å². The smallest absolute Gasteiger partial charge is 0.128 e. The van der Waals surface area contributed by atoms with Crippen LogP contribution in [-0.4, -0.2) is 0 Å². The molecule has 0 heterocycles. The molecule has 2 N–H and O–H groups in total. The predicted molar refractivity (Wildman–Crippen MR) is 86.1 cm³/mol. The second-order valence-electron chi connectivity index (χ2n) is 5.18. The molecule has 3 aromatic carbocycles. The van der Waals surface area contributed by atoms with E-state index in [1.807, 2.05) is 49.4 Å². The number of aryl methyl sites for hydroxylation is 1. The van der Waals surface area contributed by atoms with Gasteiger partial charge in [-0.05, 0) is 35.6 Å². The molecule has 0 aliphatic heterocycles. The van der Waals surface area contributed by atoms with Crippen molar-refractivity contribution < 1.29 is 4.39 Å². The van der Waals surface area contributed by atoms with E-state index in [0.717, 1.165) is 21.9 Å². The number of hydrogen-bond acceptors (Lipinski definition) is 1. The Kier molecular flexibility index (Phi) is 3.66. The van der Waals surface area contributed by atoms with Crippen LogP contribution in [0, 0.1) is 12.7 Å². The molecule has 0 radical (unpaired) electrons. The van der Waals surface area contributed by atoms with E-state index in [1.165, 1.54) is 6.07 Å². The van der Waals surface area contributed by atoms with E-state index in [1.54, 1.807) is 6.07 Å². The summed E-state index contributed by atoms with van der Waals surface area (Å²) in [5.74, 6) is -0.276. The summed E-state index contributed by atoms with van der Waals surface area (Å²) in [5.41, 5.74) is 8.55. The highest BCUT2D eigenvalue weighted by molar-refractivity contribution is 6.35. The Morgan fingerprint density at radius 2 is 1.62 bits per heavy atom. The van der Waals surface area contributed by atoms with Gasteiger partial charge in [-0.15, -0.1) is 0 Å². The molecule has 0 aliphatic rings. The highest BCUT2D eigenvalue weighted by atomic mass is 35.5. The maximum Gasteiger partial charge on any atom is 0.128 e. The molecule has 0 saturated carbocycles. The first-order valence-corrected chi connectivity index (χ1v) is 7.14. The van der Waals surface area contributed by atoms with Crippen LogP contribution in [0.4, 0.5) is 4.39 Å². The highest BCUT2D eigenvalue weighted by Gasteiger charge is 2.16. The first kappa shape index (κ1) is 14.1. The molecule has 3 heteroatoms. The Morgan fingerprint density at radius 1 is 0.952 bits per heavy atom. The quantitative estimate of drug-likeness (QED) is 0.709. The van der Waals surface area contributed by atoms with Crippen molar-refractivity contribution >= 4 is 22.4 Å². The van der Waals surface area contributed by atoms with E-state index in [9.17, 15) is 4.39 Å². The van der Waals surface area contributed by atoms with E-state index in [0.29, 0.717) is 10.6 Å². The van der Waals surface area contributed by atoms with Gasteiger partial charge in [0.2, 0.25) is 0 Å². The topological polar surface area (TPSA) is 26.0 Å². The minimum atomic E-state index is -0.521. The standard InChI is InChI=1S/C18H15ClFN/c1-11-6-7-15(17(20)10-11)18(21)14-8-9-16(19)13-5-3-2-4-12(13)14/h2-10,18H,21H2,1H3. The van der Waals surface area contributed by atoms with Crippen LogP contribution in [0.2, 0.25) is 5.02 Å². The third-order valence-electron chi connectivity index (χ3n) is 3.73. The molecule has 21 heavy (non-hydrogen) atoms. The van der Waals surface area contributed by atoms with Crippen LogP contribution >= 0.6 is 11.6 Å². The molecule has 0 saturated heterocycles. The molecule has 106 valence electrons. The molecule has 1 nitrogen and oxygen atoms in total. The fraction of sp³-hybridized carbons (Fsp3) is 0.111. The van der Waals surface area contributed by atoms with Gasteiger partial charge in [0.1, 0.15) is 5.82 Å².